The average molecular weight is 522 g/mol. The third-order valence-electron chi connectivity index (χ3n) is 5.53. The van der Waals surface area contributed by atoms with E-state index in [0.29, 0.717) is 32.1 Å². The normalized spacial score (nSPS) is 13.4. The molecule has 0 aliphatic carbocycles. The molecule has 0 atom stereocenters. The molecular formula is C26H17Cl2N3O3S. The molecule has 174 valence electrons. The third-order valence-corrected chi connectivity index (χ3v) is 7.20. The Labute approximate surface area is 215 Å². The number of aromatic nitrogens is 1. The lowest BCUT2D eigenvalue weighted by Gasteiger charge is -2.13. The smallest absolute Gasteiger partial charge is 0.257 e. The maximum atomic E-state index is 13.0. The molecule has 0 bridgehead atoms. The fourth-order valence-electron chi connectivity index (χ4n) is 3.83. The molecule has 1 aliphatic heterocycles. The number of hydrogen-bond acceptors (Lipinski definition) is 5. The zero-order chi connectivity index (χ0) is 24.5. The van der Waals surface area contributed by atoms with Crippen molar-refractivity contribution in [3.05, 3.63) is 88.4 Å². The van der Waals surface area contributed by atoms with Gasteiger partial charge in [-0.15, -0.1) is 0 Å². The summed E-state index contributed by atoms with van der Waals surface area (Å²) in [6.45, 7) is 0. The fourth-order valence-corrected chi connectivity index (χ4v) is 5.36. The average Bonchev–Trinajstić information content (AvgIpc) is 3.42. The van der Waals surface area contributed by atoms with E-state index in [4.69, 9.17) is 23.2 Å². The first-order valence-corrected chi connectivity index (χ1v) is 12.3. The molecule has 1 fully saturated rings. The van der Waals surface area contributed by atoms with Crippen molar-refractivity contribution in [3.8, 4) is 21.7 Å². The van der Waals surface area contributed by atoms with Crippen molar-refractivity contribution in [1.29, 1.82) is 0 Å². The minimum atomic E-state index is -0.374. The molecule has 1 N–H and O–H groups in total. The van der Waals surface area contributed by atoms with Gasteiger partial charge in [-0.3, -0.25) is 24.6 Å². The number of imide groups is 1. The van der Waals surface area contributed by atoms with E-state index in [1.165, 1.54) is 11.3 Å². The monoisotopic (exact) mass is 521 g/mol. The lowest BCUT2D eigenvalue weighted by Crippen LogP contribution is -2.28. The summed E-state index contributed by atoms with van der Waals surface area (Å²) in [7, 11) is 0. The molecule has 1 saturated heterocycles. The van der Waals surface area contributed by atoms with Crippen molar-refractivity contribution < 1.29 is 14.4 Å². The van der Waals surface area contributed by atoms with Crippen LogP contribution in [0.25, 0.3) is 21.7 Å². The highest BCUT2D eigenvalue weighted by Gasteiger charge is 2.30. The van der Waals surface area contributed by atoms with Crippen LogP contribution in [-0.4, -0.2) is 22.7 Å². The zero-order valence-corrected chi connectivity index (χ0v) is 20.5. The molecule has 4 aromatic rings. The van der Waals surface area contributed by atoms with E-state index in [-0.39, 0.29) is 30.6 Å². The van der Waals surface area contributed by atoms with Crippen molar-refractivity contribution in [2.75, 3.05) is 10.2 Å². The molecule has 0 spiro atoms. The van der Waals surface area contributed by atoms with Crippen LogP contribution in [0, 0.1) is 0 Å². The Hall–Kier alpha value is -3.52. The Morgan fingerprint density at radius 3 is 2.00 bits per heavy atom. The molecular weight excluding hydrogens is 505 g/mol. The maximum absolute atomic E-state index is 13.0. The molecule has 0 saturated carbocycles. The van der Waals surface area contributed by atoms with Gasteiger partial charge >= 0.3 is 0 Å². The van der Waals surface area contributed by atoms with Gasteiger partial charge in [0.1, 0.15) is 0 Å². The molecule has 6 nitrogen and oxygen atoms in total. The van der Waals surface area contributed by atoms with Crippen LogP contribution in [-0.2, 0) is 9.59 Å². The summed E-state index contributed by atoms with van der Waals surface area (Å²) in [5, 5.41) is 4.31. The fraction of sp³-hybridized carbons (Fsp3) is 0.0769. The number of carbonyl (C=O) groups is 3. The summed E-state index contributed by atoms with van der Waals surface area (Å²) >= 11 is 14.2. The number of amides is 3. The second-order valence-corrected chi connectivity index (χ2v) is 9.59. The van der Waals surface area contributed by atoms with Crippen LogP contribution in [0.5, 0.6) is 0 Å². The molecule has 1 aromatic heterocycles. The minimum absolute atomic E-state index is 0.201. The molecule has 35 heavy (non-hydrogen) atoms. The van der Waals surface area contributed by atoms with Crippen LogP contribution in [0.2, 0.25) is 10.0 Å². The second kappa shape index (κ2) is 9.62. The van der Waals surface area contributed by atoms with Gasteiger partial charge in [-0.2, -0.15) is 0 Å². The van der Waals surface area contributed by atoms with Crippen LogP contribution in [0.3, 0.4) is 0 Å². The predicted octanol–water partition coefficient (Wildman–Crippen LogP) is 6.69. The highest BCUT2D eigenvalue weighted by atomic mass is 35.5. The number of hydrogen-bond donors (Lipinski definition) is 1. The van der Waals surface area contributed by atoms with Crippen molar-refractivity contribution in [2.45, 2.75) is 12.8 Å². The summed E-state index contributed by atoms with van der Waals surface area (Å²) in [6.07, 6.45) is 0.402. The number of rotatable bonds is 5. The van der Waals surface area contributed by atoms with Gasteiger partial charge in [-0.05, 0) is 36.4 Å². The second-order valence-electron chi connectivity index (χ2n) is 7.78. The van der Waals surface area contributed by atoms with E-state index in [0.717, 1.165) is 20.9 Å². The van der Waals surface area contributed by atoms with Gasteiger partial charge < -0.3 is 0 Å². The molecule has 0 unspecified atom stereocenters. The molecule has 5 rings (SSSR count). The van der Waals surface area contributed by atoms with Crippen molar-refractivity contribution in [2.24, 2.45) is 0 Å². The molecule has 9 heteroatoms. The quantitative estimate of drug-likeness (QED) is 0.296. The first-order valence-electron chi connectivity index (χ1n) is 10.7. The SMILES string of the molecule is O=C(Nc1nc(-c2ccccc2Cl)c(-c2ccccc2Cl)s1)c1ccc(N2C(=O)CCC2=O)cc1. The van der Waals surface area contributed by atoms with E-state index in [2.05, 4.69) is 10.3 Å². The summed E-state index contributed by atoms with van der Waals surface area (Å²) in [5.41, 5.74) is 2.94. The highest BCUT2D eigenvalue weighted by Crippen LogP contribution is 2.43. The van der Waals surface area contributed by atoms with Crippen molar-refractivity contribution in [1.82, 2.24) is 4.98 Å². The van der Waals surface area contributed by atoms with E-state index in [9.17, 15) is 14.4 Å². The Bertz CT molecular complexity index is 1390. The number of halogens is 2. The van der Waals surface area contributed by atoms with Crippen molar-refractivity contribution in [3.63, 3.8) is 0 Å². The summed E-state index contributed by atoms with van der Waals surface area (Å²) in [6, 6.07) is 21.1. The number of thiazole rings is 1. The number of nitrogens with one attached hydrogen (secondary N) is 1. The standard InChI is InChI=1S/C26H17Cl2N3O3S/c27-19-7-3-1-5-17(19)23-24(18-6-2-4-8-20(18)28)35-26(29-23)30-25(34)15-9-11-16(12-10-15)31-21(32)13-14-22(31)33/h1-12H,13-14H2,(H,29,30,34). The molecule has 1 aliphatic rings. The van der Waals surface area contributed by atoms with Gasteiger partial charge in [0.2, 0.25) is 11.8 Å². The van der Waals surface area contributed by atoms with Crippen LogP contribution in [0.4, 0.5) is 10.8 Å². The topological polar surface area (TPSA) is 79.4 Å². The van der Waals surface area contributed by atoms with Gasteiger partial charge in [-0.1, -0.05) is 70.9 Å². The number of benzene rings is 3. The lowest BCUT2D eigenvalue weighted by molar-refractivity contribution is -0.121. The molecule has 0 radical (unpaired) electrons. The van der Waals surface area contributed by atoms with E-state index in [1.807, 2.05) is 36.4 Å². The highest BCUT2D eigenvalue weighted by molar-refractivity contribution is 7.19. The predicted molar refractivity (Wildman–Crippen MR) is 139 cm³/mol. The Morgan fingerprint density at radius 1 is 0.829 bits per heavy atom. The van der Waals surface area contributed by atoms with Crippen LogP contribution in [0.1, 0.15) is 23.2 Å². The third kappa shape index (κ3) is 4.58. The van der Waals surface area contributed by atoms with Gasteiger partial charge in [0.25, 0.3) is 5.91 Å². The largest absolute Gasteiger partial charge is 0.298 e. The van der Waals surface area contributed by atoms with Gasteiger partial charge in [0.05, 0.1) is 21.3 Å². The number of anilines is 2. The Kier molecular flexibility index (Phi) is 6.38. The maximum Gasteiger partial charge on any atom is 0.257 e. The Morgan fingerprint density at radius 2 is 1.40 bits per heavy atom. The van der Waals surface area contributed by atoms with Gasteiger partial charge in [0.15, 0.2) is 5.13 Å². The zero-order valence-electron chi connectivity index (χ0n) is 18.1. The Balaban J connectivity index is 1.46. The number of nitrogens with zero attached hydrogens (tertiary/aromatic N) is 2. The minimum Gasteiger partial charge on any atom is -0.298 e. The van der Waals surface area contributed by atoms with E-state index < -0.39 is 0 Å². The van der Waals surface area contributed by atoms with Crippen LogP contribution >= 0.6 is 34.5 Å². The first kappa shape index (κ1) is 23.2. The van der Waals surface area contributed by atoms with Crippen LogP contribution < -0.4 is 10.2 Å². The van der Waals surface area contributed by atoms with Crippen LogP contribution in [0.15, 0.2) is 72.8 Å². The lowest BCUT2D eigenvalue weighted by atomic mass is 10.1. The molecule has 2 heterocycles. The van der Waals surface area contributed by atoms with Crippen molar-refractivity contribution >= 4 is 63.1 Å². The summed E-state index contributed by atoms with van der Waals surface area (Å²) in [4.78, 5) is 43.5. The number of carbonyl (C=O) groups excluding carboxylic acids is 3. The first-order chi connectivity index (χ1) is 16.9. The summed E-state index contributed by atoms with van der Waals surface area (Å²) < 4.78 is 0. The van der Waals surface area contributed by atoms with E-state index in [1.54, 1.807) is 36.4 Å². The summed E-state index contributed by atoms with van der Waals surface area (Å²) in [5.74, 6) is -0.857. The molecule has 3 aromatic carbocycles. The van der Waals surface area contributed by atoms with Gasteiger partial charge in [0, 0.05) is 34.6 Å². The van der Waals surface area contributed by atoms with Gasteiger partial charge in [-0.25, -0.2) is 4.98 Å². The molecule has 3 amide bonds. The van der Waals surface area contributed by atoms with E-state index >= 15 is 0 Å².